The molecule has 0 aliphatic rings. The molecule has 1 nitrogen and oxygen atoms in total. The van der Waals surface area contributed by atoms with E-state index >= 15 is 0 Å². The van der Waals surface area contributed by atoms with Gasteiger partial charge in [-0.15, -0.1) is 0 Å². The molecule has 0 unspecified atom stereocenters. The van der Waals surface area contributed by atoms with Crippen molar-refractivity contribution in [2.24, 2.45) is 0 Å². The van der Waals surface area contributed by atoms with E-state index in [1.807, 2.05) is 0 Å². The quantitative estimate of drug-likeness (QED) is 0.656. The highest BCUT2D eigenvalue weighted by Gasteiger charge is 2.36. The van der Waals surface area contributed by atoms with Crippen molar-refractivity contribution in [3.05, 3.63) is 108 Å². The van der Waals surface area contributed by atoms with E-state index in [0.717, 1.165) is 0 Å². The van der Waals surface area contributed by atoms with Crippen LogP contribution in [0.3, 0.4) is 0 Å². The Hall–Kier alpha value is -2.38. The topological polar surface area (TPSA) is 12.0 Å². The third-order valence-electron chi connectivity index (χ3n) is 4.13. The Kier molecular flexibility index (Phi) is 4.59. The van der Waals surface area contributed by atoms with Crippen LogP contribution in [0, 0.1) is 0 Å². The summed E-state index contributed by atoms with van der Waals surface area (Å²) in [7, 11) is 0. The molecule has 0 bridgehead atoms. The molecule has 0 aliphatic carbocycles. The molecule has 0 aromatic heterocycles. The summed E-state index contributed by atoms with van der Waals surface area (Å²) in [5, 5.41) is 3.84. The summed E-state index contributed by atoms with van der Waals surface area (Å²) in [6, 6.07) is 32.4. The highest BCUT2D eigenvalue weighted by molar-refractivity contribution is 5.49. The summed E-state index contributed by atoms with van der Waals surface area (Å²) in [6.07, 6.45) is 0. The van der Waals surface area contributed by atoms with Gasteiger partial charge in [0.2, 0.25) is 0 Å². The van der Waals surface area contributed by atoms with Crippen LogP contribution in [-0.4, -0.2) is 6.04 Å². The Morgan fingerprint density at radius 1 is 0.565 bits per heavy atom. The van der Waals surface area contributed by atoms with Crippen LogP contribution in [0.15, 0.2) is 91.0 Å². The van der Waals surface area contributed by atoms with E-state index in [1.54, 1.807) is 0 Å². The Morgan fingerprint density at radius 2 is 0.870 bits per heavy atom. The number of benzene rings is 3. The molecule has 116 valence electrons. The van der Waals surface area contributed by atoms with E-state index in [1.165, 1.54) is 16.7 Å². The lowest BCUT2D eigenvalue weighted by molar-refractivity contribution is 0.424. The number of hydrogen-bond acceptors (Lipinski definition) is 1. The zero-order valence-electron chi connectivity index (χ0n) is 13.7. The van der Waals surface area contributed by atoms with Gasteiger partial charge in [0.15, 0.2) is 0 Å². The molecule has 3 rings (SSSR count). The van der Waals surface area contributed by atoms with Crippen molar-refractivity contribution in [3.8, 4) is 0 Å². The van der Waals surface area contributed by atoms with Gasteiger partial charge < -0.3 is 0 Å². The van der Waals surface area contributed by atoms with Crippen LogP contribution in [0.5, 0.6) is 0 Å². The minimum absolute atomic E-state index is 0.343. The number of nitrogens with one attached hydrogen (secondary N) is 1. The summed E-state index contributed by atoms with van der Waals surface area (Å²) in [5.74, 6) is 0. The highest BCUT2D eigenvalue weighted by Crippen LogP contribution is 2.37. The Bertz CT molecular complexity index is 621. The lowest BCUT2D eigenvalue weighted by Gasteiger charge is -2.38. The predicted molar refractivity (Wildman–Crippen MR) is 97.5 cm³/mol. The van der Waals surface area contributed by atoms with Crippen LogP contribution in [0.1, 0.15) is 30.5 Å². The standard InChI is InChI=1S/C22H23N/c1-18(2)23-22(19-12-6-3-7-13-19,20-14-8-4-9-15-20)21-16-10-5-11-17-21/h3-18,23H,1-2H3. The molecule has 0 atom stereocenters. The Morgan fingerprint density at radius 3 is 1.13 bits per heavy atom. The monoisotopic (exact) mass is 301 g/mol. The van der Waals surface area contributed by atoms with Gasteiger partial charge in [-0.05, 0) is 30.5 Å². The van der Waals surface area contributed by atoms with Crippen LogP contribution >= 0.6 is 0 Å². The average Bonchev–Trinajstić information content (AvgIpc) is 2.62. The van der Waals surface area contributed by atoms with Gasteiger partial charge >= 0.3 is 0 Å². The summed E-state index contributed by atoms with van der Waals surface area (Å²) in [6.45, 7) is 4.40. The van der Waals surface area contributed by atoms with Crippen molar-refractivity contribution >= 4 is 0 Å². The third-order valence-corrected chi connectivity index (χ3v) is 4.13. The van der Waals surface area contributed by atoms with Crippen LogP contribution in [-0.2, 0) is 5.54 Å². The van der Waals surface area contributed by atoms with Crippen molar-refractivity contribution < 1.29 is 0 Å². The van der Waals surface area contributed by atoms with Crippen LogP contribution in [0.4, 0.5) is 0 Å². The summed E-state index contributed by atoms with van der Waals surface area (Å²) < 4.78 is 0. The number of rotatable bonds is 5. The van der Waals surface area contributed by atoms with Gasteiger partial charge in [-0.2, -0.15) is 0 Å². The fraction of sp³-hybridized carbons (Fsp3) is 0.182. The molecule has 0 spiro atoms. The van der Waals surface area contributed by atoms with Crippen LogP contribution < -0.4 is 5.32 Å². The van der Waals surface area contributed by atoms with Gasteiger partial charge in [-0.25, -0.2) is 0 Å². The second-order valence-electron chi connectivity index (χ2n) is 6.15. The number of hydrogen-bond donors (Lipinski definition) is 1. The SMILES string of the molecule is CC(C)NC(c1ccccc1)(c1ccccc1)c1ccccc1. The van der Waals surface area contributed by atoms with Gasteiger partial charge in [0.1, 0.15) is 0 Å². The molecule has 3 aromatic rings. The molecule has 3 aromatic carbocycles. The zero-order valence-corrected chi connectivity index (χ0v) is 13.7. The van der Waals surface area contributed by atoms with Crippen molar-refractivity contribution in [2.45, 2.75) is 25.4 Å². The normalized spacial score (nSPS) is 11.6. The van der Waals surface area contributed by atoms with Crippen molar-refractivity contribution in [1.29, 1.82) is 0 Å². The first-order valence-corrected chi connectivity index (χ1v) is 8.18. The van der Waals surface area contributed by atoms with E-state index in [-0.39, 0.29) is 5.54 Å². The summed E-state index contributed by atoms with van der Waals surface area (Å²) in [4.78, 5) is 0. The Balaban J connectivity index is 2.30. The highest BCUT2D eigenvalue weighted by atomic mass is 15.0. The van der Waals surface area contributed by atoms with E-state index in [9.17, 15) is 0 Å². The Labute approximate surface area is 139 Å². The first-order chi connectivity index (χ1) is 11.2. The second-order valence-corrected chi connectivity index (χ2v) is 6.15. The molecule has 0 aliphatic heterocycles. The van der Waals surface area contributed by atoms with Gasteiger partial charge in [0.05, 0.1) is 5.54 Å². The van der Waals surface area contributed by atoms with E-state index in [4.69, 9.17) is 0 Å². The molecule has 0 radical (unpaired) electrons. The minimum atomic E-state index is -0.349. The maximum absolute atomic E-state index is 3.84. The van der Waals surface area contributed by atoms with Gasteiger partial charge in [-0.3, -0.25) is 5.32 Å². The van der Waals surface area contributed by atoms with Gasteiger partial charge in [0.25, 0.3) is 0 Å². The van der Waals surface area contributed by atoms with Crippen LogP contribution in [0.25, 0.3) is 0 Å². The smallest absolute Gasteiger partial charge is 0.0949 e. The zero-order chi connectivity index (χ0) is 16.1. The molecule has 0 saturated heterocycles. The van der Waals surface area contributed by atoms with Gasteiger partial charge in [-0.1, -0.05) is 91.0 Å². The van der Waals surface area contributed by atoms with Gasteiger partial charge in [0, 0.05) is 6.04 Å². The molecule has 0 fully saturated rings. The molecule has 0 amide bonds. The third kappa shape index (κ3) is 3.06. The molecular weight excluding hydrogens is 278 g/mol. The van der Waals surface area contributed by atoms with Crippen LogP contribution in [0.2, 0.25) is 0 Å². The van der Waals surface area contributed by atoms with E-state index < -0.39 is 0 Å². The summed E-state index contributed by atoms with van der Waals surface area (Å²) >= 11 is 0. The molecule has 1 N–H and O–H groups in total. The molecule has 23 heavy (non-hydrogen) atoms. The summed E-state index contributed by atoms with van der Waals surface area (Å²) in [5.41, 5.74) is 3.42. The first-order valence-electron chi connectivity index (χ1n) is 8.18. The van der Waals surface area contributed by atoms with Crippen molar-refractivity contribution in [1.82, 2.24) is 5.32 Å². The fourth-order valence-electron chi connectivity index (χ4n) is 3.25. The average molecular weight is 301 g/mol. The maximum Gasteiger partial charge on any atom is 0.0949 e. The molecular formula is C22H23N. The fourth-order valence-corrected chi connectivity index (χ4v) is 3.25. The first kappa shape index (κ1) is 15.5. The largest absolute Gasteiger partial charge is 0.298 e. The lowest BCUT2D eigenvalue weighted by atomic mass is 9.76. The van der Waals surface area contributed by atoms with Crippen molar-refractivity contribution in [2.75, 3.05) is 0 Å². The lowest BCUT2D eigenvalue weighted by Crippen LogP contribution is -2.47. The second kappa shape index (κ2) is 6.80. The van der Waals surface area contributed by atoms with E-state index in [2.05, 4.69) is 110 Å². The maximum atomic E-state index is 3.84. The predicted octanol–water partition coefficient (Wildman–Crippen LogP) is 4.98. The molecule has 0 heterocycles. The minimum Gasteiger partial charge on any atom is -0.298 e. The van der Waals surface area contributed by atoms with E-state index in [0.29, 0.717) is 6.04 Å². The molecule has 1 heteroatoms. The van der Waals surface area contributed by atoms with Crippen molar-refractivity contribution in [3.63, 3.8) is 0 Å². The molecule has 0 saturated carbocycles.